The lowest BCUT2D eigenvalue weighted by Crippen LogP contribution is -1.95. The molecule has 3 aromatic carbocycles. The van der Waals surface area contributed by atoms with Crippen molar-refractivity contribution in [2.24, 2.45) is 0 Å². The number of aryl methyl sites for hydroxylation is 2. The molecule has 1 unspecified atom stereocenters. The van der Waals surface area contributed by atoms with Gasteiger partial charge in [0.1, 0.15) is 0 Å². The summed E-state index contributed by atoms with van der Waals surface area (Å²) in [6.45, 7) is 8.88. The lowest BCUT2D eigenvalue weighted by Gasteiger charge is -2.11. The lowest BCUT2D eigenvalue weighted by molar-refractivity contribution is 0.735. The third kappa shape index (κ3) is 2.64. The van der Waals surface area contributed by atoms with Gasteiger partial charge in [-0.2, -0.15) is 0 Å². The van der Waals surface area contributed by atoms with Gasteiger partial charge >= 0.3 is 0 Å². The molecule has 0 amide bonds. The molecule has 1 atom stereocenters. The molecule has 0 fully saturated rings. The van der Waals surface area contributed by atoms with Gasteiger partial charge in [-0.1, -0.05) is 49.2 Å². The van der Waals surface area contributed by atoms with Crippen molar-refractivity contribution >= 4 is 21.8 Å². The van der Waals surface area contributed by atoms with Gasteiger partial charge in [0, 0.05) is 16.5 Å². The van der Waals surface area contributed by atoms with Gasteiger partial charge < -0.3 is 4.57 Å². The van der Waals surface area contributed by atoms with Crippen LogP contribution in [0.1, 0.15) is 42.9 Å². The molecular weight excluding hydrogens is 302 g/mol. The highest BCUT2D eigenvalue weighted by molar-refractivity contribution is 6.09. The topological polar surface area (TPSA) is 4.93 Å². The average Bonchev–Trinajstić information content (AvgIpc) is 2.94. The van der Waals surface area contributed by atoms with Crippen LogP contribution in [0.4, 0.5) is 0 Å². The molecule has 1 heteroatoms. The van der Waals surface area contributed by atoms with Crippen LogP contribution in [-0.2, 0) is 0 Å². The summed E-state index contributed by atoms with van der Waals surface area (Å²) in [7, 11) is 0. The minimum absolute atomic E-state index is 0.590. The van der Waals surface area contributed by atoms with Gasteiger partial charge in [0.25, 0.3) is 0 Å². The number of nitrogens with zero attached hydrogens (tertiary/aromatic N) is 1. The van der Waals surface area contributed by atoms with Crippen LogP contribution in [0.25, 0.3) is 27.5 Å². The van der Waals surface area contributed by atoms with E-state index in [1.807, 2.05) is 0 Å². The molecule has 0 saturated heterocycles. The summed E-state index contributed by atoms with van der Waals surface area (Å²) in [6, 6.07) is 22.6. The number of aromatic nitrogens is 1. The minimum atomic E-state index is 0.590. The van der Waals surface area contributed by atoms with Crippen molar-refractivity contribution in [3.8, 4) is 5.69 Å². The van der Waals surface area contributed by atoms with E-state index in [2.05, 4.69) is 92.9 Å². The Labute approximate surface area is 149 Å². The molecule has 25 heavy (non-hydrogen) atoms. The zero-order valence-corrected chi connectivity index (χ0v) is 15.5. The summed E-state index contributed by atoms with van der Waals surface area (Å²) >= 11 is 0. The van der Waals surface area contributed by atoms with E-state index in [4.69, 9.17) is 0 Å². The molecule has 0 N–H and O–H groups in total. The molecule has 4 rings (SSSR count). The number of rotatable bonds is 3. The summed E-state index contributed by atoms with van der Waals surface area (Å²) in [4.78, 5) is 0. The van der Waals surface area contributed by atoms with Crippen molar-refractivity contribution in [3.05, 3.63) is 77.4 Å². The van der Waals surface area contributed by atoms with E-state index >= 15 is 0 Å². The first-order valence-electron chi connectivity index (χ1n) is 9.20. The van der Waals surface area contributed by atoms with Crippen LogP contribution in [0.15, 0.2) is 60.7 Å². The molecule has 0 aliphatic carbocycles. The van der Waals surface area contributed by atoms with E-state index in [0.717, 1.165) is 0 Å². The fraction of sp³-hybridized carbons (Fsp3) is 0.250. The van der Waals surface area contributed by atoms with Crippen LogP contribution >= 0.6 is 0 Å². The van der Waals surface area contributed by atoms with Gasteiger partial charge in [-0.3, -0.25) is 0 Å². The van der Waals surface area contributed by atoms with E-state index in [1.165, 1.54) is 50.6 Å². The molecule has 0 aliphatic rings. The maximum atomic E-state index is 2.40. The summed E-state index contributed by atoms with van der Waals surface area (Å²) in [5.41, 5.74) is 7.83. The van der Waals surface area contributed by atoms with Crippen LogP contribution in [0.2, 0.25) is 0 Å². The number of benzene rings is 3. The molecule has 0 bridgehead atoms. The van der Waals surface area contributed by atoms with Gasteiger partial charge in [-0.05, 0) is 68.1 Å². The summed E-state index contributed by atoms with van der Waals surface area (Å²) in [5, 5.41) is 2.71. The third-order valence-corrected chi connectivity index (χ3v) is 5.42. The number of hydrogen-bond acceptors (Lipinski definition) is 0. The largest absolute Gasteiger partial charge is 0.309 e. The van der Waals surface area contributed by atoms with E-state index in [9.17, 15) is 0 Å². The Kier molecular flexibility index (Phi) is 3.88. The monoisotopic (exact) mass is 327 g/mol. The van der Waals surface area contributed by atoms with Crippen LogP contribution in [0.3, 0.4) is 0 Å². The fourth-order valence-corrected chi connectivity index (χ4v) is 3.67. The van der Waals surface area contributed by atoms with Crippen molar-refractivity contribution in [3.63, 3.8) is 0 Å². The molecule has 1 heterocycles. The molecular formula is C24H25N. The Morgan fingerprint density at radius 3 is 2.04 bits per heavy atom. The summed E-state index contributed by atoms with van der Waals surface area (Å²) in [6.07, 6.45) is 1.17. The SMILES string of the molecule is CCC(C)c1ccc2c(c1)c1cc(C)ccc1n2-c1ccc(C)cc1. The highest BCUT2D eigenvalue weighted by atomic mass is 15.0. The summed E-state index contributed by atoms with van der Waals surface area (Å²) in [5.74, 6) is 0.590. The smallest absolute Gasteiger partial charge is 0.0541 e. The van der Waals surface area contributed by atoms with Gasteiger partial charge in [-0.15, -0.1) is 0 Å². The van der Waals surface area contributed by atoms with E-state index in [0.29, 0.717) is 5.92 Å². The van der Waals surface area contributed by atoms with Crippen molar-refractivity contribution in [1.29, 1.82) is 0 Å². The molecule has 0 aliphatic heterocycles. The normalized spacial score (nSPS) is 12.8. The fourth-order valence-electron chi connectivity index (χ4n) is 3.67. The van der Waals surface area contributed by atoms with Gasteiger partial charge in [-0.25, -0.2) is 0 Å². The average molecular weight is 327 g/mol. The Hall–Kier alpha value is -2.54. The standard InChI is InChI=1S/C24H25N/c1-5-18(4)19-9-13-24-22(15-19)21-14-17(3)8-12-23(21)25(24)20-10-6-16(2)7-11-20/h6-15,18H,5H2,1-4H3. The molecule has 0 saturated carbocycles. The Balaban J connectivity index is 2.08. The lowest BCUT2D eigenvalue weighted by atomic mass is 9.97. The highest BCUT2D eigenvalue weighted by Gasteiger charge is 2.14. The first-order valence-corrected chi connectivity index (χ1v) is 9.20. The van der Waals surface area contributed by atoms with Gasteiger partial charge in [0.15, 0.2) is 0 Å². The second-order valence-corrected chi connectivity index (χ2v) is 7.28. The maximum absolute atomic E-state index is 2.40. The second-order valence-electron chi connectivity index (χ2n) is 7.28. The van der Waals surface area contributed by atoms with Gasteiger partial charge in [0.2, 0.25) is 0 Å². The predicted molar refractivity (Wildman–Crippen MR) is 109 cm³/mol. The Morgan fingerprint density at radius 1 is 0.760 bits per heavy atom. The van der Waals surface area contributed by atoms with Crippen molar-refractivity contribution in [1.82, 2.24) is 4.57 Å². The zero-order valence-electron chi connectivity index (χ0n) is 15.5. The second kappa shape index (κ2) is 6.07. The highest BCUT2D eigenvalue weighted by Crippen LogP contribution is 2.34. The van der Waals surface area contributed by atoms with Crippen molar-refractivity contribution in [2.45, 2.75) is 40.0 Å². The quantitative estimate of drug-likeness (QED) is 0.385. The third-order valence-electron chi connectivity index (χ3n) is 5.42. The van der Waals surface area contributed by atoms with E-state index < -0.39 is 0 Å². The van der Waals surface area contributed by atoms with Crippen LogP contribution < -0.4 is 0 Å². The zero-order chi connectivity index (χ0) is 17.6. The van der Waals surface area contributed by atoms with E-state index in [-0.39, 0.29) is 0 Å². The predicted octanol–water partition coefficient (Wildman–Crippen LogP) is 6.91. The van der Waals surface area contributed by atoms with Crippen LogP contribution in [0.5, 0.6) is 0 Å². The Bertz CT molecular complexity index is 1050. The molecule has 1 aromatic heterocycles. The van der Waals surface area contributed by atoms with Gasteiger partial charge in [0.05, 0.1) is 11.0 Å². The minimum Gasteiger partial charge on any atom is -0.309 e. The van der Waals surface area contributed by atoms with Crippen molar-refractivity contribution in [2.75, 3.05) is 0 Å². The van der Waals surface area contributed by atoms with Crippen molar-refractivity contribution < 1.29 is 0 Å². The molecule has 126 valence electrons. The number of hydrogen-bond donors (Lipinski definition) is 0. The van der Waals surface area contributed by atoms with Crippen LogP contribution in [0, 0.1) is 13.8 Å². The summed E-state index contributed by atoms with van der Waals surface area (Å²) < 4.78 is 2.39. The maximum Gasteiger partial charge on any atom is 0.0541 e. The molecule has 0 spiro atoms. The first kappa shape index (κ1) is 16.0. The van der Waals surface area contributed by atoms with E-state index in [1.54, 1.807) is 0 Å². The molecule has 4 aromatic rings. The Morgan fingerprint density at radius 2 is 1.36 bits per heavy atom. The first-order chi connectivity index (χ1) is 12.1. The number of fused-ring (bicyclic) bond motifs is 3. The van der Waals surface area contributed by atoms with Crippen LogP contribution in [-0.4, -0.2) is 4.57 Å². The molecule has 1 nitrogen and oxygen atoms in total. The molecule has 0 radical (unpaired) electrons.